The lowest BCUT2D eigenvalue weighted by molar-refractivity contribution is 0.0857. The third kappa shape index (κ3) is 1.88. The molecule has 0 saturated carbocycles. The average Bonchev–Trinajstić information content (AvgIpc) is 3.08. The van der Waals surface area contributed by atoms with E-state index in [1.54, 1.807) is 0 Å². The first kappa shape index (κ1) is 11.0. The highest BCUT2D eigenvalue weighted by atomic mass is 16.6. The molecule has 0 radical (unpaired) electrons. The van der Waals surface area contributed by atoms with E-state index < -0.39 is 0 Å². The zero-order valence-corrected chi connectivity index (χ0v) is 9.78. The Hall–Kier alpha value is -2.17. The largest absolute Gasteiger partial charge is 0.411 e. The minimum atomic E-state index is -0.0653. The van der Waals surface area contributed by atoms with E-state index >= 15 is 0 Å². The average molecular weight is 243 g/mol. The minimum Gasteiger partial charge on any atom is -0.411 e. The molecular weight excluding hydrogens is 230 g/mol. The van der Waals surface area contributed by atoms with E-state index in [1.807, 2.05) is 30.3 Å². The summed E-state index contributed by atoms with van der Waals surface area (Å²) in [5, 5.41) is 16.2. The van der Waals surface area contributed by atoms with Crippen LogP contribution in [0.2, 0.25) is 0 Å². The van der Waals surface area contributed by atoms with Crippen LogP contribution in [0, 0.1) is 0 Å². The molecule has 18 heavy (non-hydrogen) atoms. The lowest BCUT2D eigenvalue weighted by Gasteiger charge is -2.07. The van der Waals surface area contributed by atoms with Crippen molar-refractivity contribution < 1.29 is 10.0 Å². The van der Waals surface area contributed by atoms with Gasteiger partial charge < -0.3 is 10.0 Å². The zero-order valence-electron chi connectivity index (χ0n) is 9.78. The van der Waals surface area contributed by atoms with E-state index in [2.05, 4.69) is 15.3 Å². The number of oxime groups is 2. The van der Waals surface area contributed by atoms with Crippen LogP contribution in [0.25, 0.3) is 0 Å². The summed E-state index contributed by atoms with van der Waals surface area (Å²) in [6.07, 6.45) is 1.27. The second-order valence-electron chi connectivity index (χ2n) is 4.27. The number of aliphatic imine (C=N–C) groups is 1. The molecule has 2 heterocycles. The number of nitrogens with zero attached hydrogens (tertiary/aromatic N) is 3. The number of hydrogen-bond acceptors (Lipinski definition) is 5. The van der Waals surface area contributed by atoms with Gasteiger partial charge in [-0.3, -0.25) is 4.99 Å². The van der Waals surface area contributed by atoms with Gasteiger partial charge in [0.15, 0.2) is 6.10 Å². The Labute approximate surface area is 104 Å². The first-order valence-electron chi connectivity index (χ1n) is 5.92. The van der Waals surface area contributed by atoms with E-state index in [9.17, 15) is 0 Å². The zero-order chi connectivity index (χ0) is 12.4. The lowest BCUT2D eigenvalue weighted by atomic mass is 10.0. The van der Waals surface area contributed by atoms with E-state index in [0.29, 0.717) is 30.8 Å². The number of hydrogen-bond donors (Lipinski definition) is 1. The van der Waals surface area contributed by atoms with Crippen LogP contribution in [0.1, 0.15) is 24.5 Å². The first-order valence-corrected chi connectivity index (χ1v) is 5.92. The van der Waals surface area contributed by atoms with Crippen molar-refractivity contribution >= 4 is 17.1 Å². The molecule has 1 aromatic carbocycles. The molecule has 0 bridgehead atoms. The monoisotopic (exact) mass is 243 g/mol. The molecule has 0 aliphatic carbocycles. The van der Waals surface area contributed by atoms with E-state index in [0.717, 1.165) is 11.3 Å². The van der Waals surface area contributed by atoms with Gasteiger partial charge in [0.05, 0.1) is 0 Å². The number of rotatable bonds is 2. The van der Waals surface area contributed by atoms with Gasteiger partial charge in [0, 0.05) is 19.4 Å². The normalized spacial score (nSPS) is 24.9. The van der Waals surface area contributed by atoms with Gasteiger partial charge in [0.1, 0.15) is 17.1 Å². The second-order valence-corrected chi connectivity index (χ2v) is 4.27. The van der Waals surface area contributed by atoms with Crippen molar-refractivity contribution in [1.82, 2.24) is 0 Å². The van der Waals surface area contributed by atoms with E-state index in [-0.39, 0.29) is 6.10 Å². The Kier molecular flexibility index (Phi) is 2.80. The van der Waals surface area contributed by atoms with Crippen molar-refractivity contribution in [1.29, 1.82) is 0 Å². The van der Waals surface area contributed by atoms with Crippen LogP contribution in [0.5, 0.6) is 0 Å². The minimum absolute atomic E-state index is 0.0653. The molecule has 0 aromatic heterocycles. The SMILES string of the molecule is O/N=C1/CCN=C1C1=NOC(c2ccccc2)C1. The maximum Gasteiger partial charge on any atom is 0.158 e. The predicted molar refractivity (Wildman–Crippen MR) is 68.5 cm³/mol. The molecule has 1 aromatic rings. The summed E-state index contributed by atoms with van der Waals surface area (Å²) in [5.74, 6) is 0. The first-order chi connectivity index (χ1) is 8.88. The van der Waals surface area contributed by atoms with Gasteiger partial charge in [0.25, 0.3) is 0 Å². The highest BCUT2D eigenvalue weighted by molar-refractivity contribution is 6.69. The smallest absolute Gasteiger partial charge is 0.158 e. The summed E-state index contributed by atoms with van der Waals surface area (Å²) in [6.45, 7) is 0.656. The molecule has 5 nitrogen and oxygen atoms in total. The van der Waals surface area contributed by atoms with Gasteiger partial charge in [-0.15, -0.1) is 0 Å². The third-order valence-electron chi connectivity index (χ3n) is 3.13. The van der Waals surface area contributed by atoms with Gasteiger partial charge in [-0.1, -0.05) is 40.6 Å². The molecule has 2 aliphatic heterocycles. The standard InChI is InChI=1S/C13H13N3O2/c17-15-10-6-7-14-13(10)11-8-12(18-16-11)9-4-2-1-3-5-9/h1-5,12,17H,6-8H2/b15-10-. The Morgan fingerprint density at radius 2 is 2.11 bits per heavy atom. The van der Waals surface area contributed by atoms with Crippen molar-refractivity contribution in [2.24, 2.45) is 15.3 Å². The summed E-state index contributed by atoms with van der Waals surface area (Å²) in [7, 11) is 0. The summed E-state index contributed by atoms with van der Waals surface area (Å²) < 4.78 is 0. The lowest BCUT2D eigenvalue weighted by Crippen LogP contribution is -2.19. The molecule has 0 amide bonds. The molecular formula is C13H13N3O2. The third-order valence-corrected chi connectivity index (χ3v) is 3.13. The molecule has 1 unspecified atom stereocenters. The Balaban J connectivity index is 1.76. The second kappa shape index (κ2) is 4.60. The van der Waals surface area contributed by atoms with Crippen LogP contribution in [0.15, 0.2) is 45.6 Å². The molecule has 92 valence electrons. The summed E-state index contributed by atoms with van der Waals surface area (Å²) in [6, 6.07) is 9.95. The predicted octanol–water partition coefficient (Wildman–Crippen LogP) is 2.18. The van der Waals surface area contributed by atoms with E-state index in [1.165, 1.54) is 0 Å². The van der Waals surface area contributed by atoms with Crippen LogP contribution in [0.3, 0.4) is 0 Å². The molecule has 0 saturated heterocycles. The van der Waals surface area contributed by atoms with Crippen molar-refractivity contribution in [2.75, 3.05) is 6.54 Å². The van der Waals surface area contributed by atoms with Gasteiger partial charge in [-0.25, -0.2) is 0 Å². The highest BCUT2D eigenvalue weighted by Crippen LogP contribution is 2.28. The van der Waals surface area contributed by atoms with Gasteiger partial charge >= 0.3 is 0 Å². The summed E-state index contributed by atoms with van der Waals surface area (Å²) in [5.41, 5.74) is 3.16. The molecule has 2 aliphatic rings. The quantitative estimate of drug-likeness (QED) is 0.639. The number of benzene rings is 1. The van der Waals surface area contributed by atoms with Gasteiger partial charge in [-0.2, -0.15) is 0 Å². The van der Waals surface area contributed by atoms with Gasteiger partial charge in [-0.05, 0) is 5.56 Å². The molecule has 1 atom stereocenters. The van der Waals surface area contributed by atoms with Crippen molar-refractivity contribution in [2.45, 2.75) is 18.9 Å². The summed E-state index contributed by atoms with van der Waals surface area (Å²) in [4.78, 5) is 9.74. The molecule has 0 fully saturated rings. The molecule has 5 heteroatoms. The Morgan fingerprint density at radius 3 is 2.89 bits per heavy atom. The van der Waals surface area contributed by atoms with Crippen molar-refractivity contribution in [3.05, 3.63) is 35.9 Å². The Bertz CT molecular complexity index is 534. The maximum atomic E-state index is 8.89. The van der Waals surface area contributed by atoms with Gasteiger partial charge in [0.2, 0.25) is 0 Å². The van der Waals surface area contributed by atoms with Crippen LogP contribution in [-0.2, 0) is 4.84 Å². The van der Waals surface area contributed by atoms with Crippen LogP contribution in [0.4, 0.5) is 0 Å². The Morgan fingerprint density at radius 1 is 1.28 bits per heavy atom. The summed E-state index contributed by atoms with van der Waals surface area (Å²) >= 11 is 0. The maximum absolute atomic E-state index is 8.89. The fourth-order valence-corrected chi connectivity index (χ4v) is 2.20. The molecule has 0 spiro atoms. The fourth-order valence-electron chi connectivity index (χ4n) is 2.20. The van der Waals surface area contributed by atoms with Crippen LogP contribution < -0.4 is 0 Å². The van der Waals surface area contributed by atoms with Crippen molar-refractivity contribution in [3.8, 4) is 0 Å². The van der Waals surface area contributed by atoms with E-state index in [4.69, 9.17) is 10.0 Å². The fraction of sp³-hybridized carbons (Fsp3) is 0.308. The van der Waals surface area contributed by atoms with Crippen LogP contribution in [-0.4, -0.2) is 28.9 Å². The molecule has 3 rings (SSSR count). The van der Waals surface area contributed by atoms with Crippen molar-refractivity contribution in [3.63, 3.8) is 0 Å². The van der Waals surface area contributed by atoms with Crippen LogP contribution >= 0.6 is 0 Å². The highest BCUT2D eigenvalue weighted by Gasteiger charge is 2.30. The molecule has 1 N–H and O–H groups in total. The topological polar surface area (TPSA) is 66.5 Å².